The van der Waals surface area contributed by atoms with Crippen LogP contribution < -0.4 is 0 Å². The molecule has 1 fully saturated rings. The summed E-state index contributed by atoms with van der Waals surface area (Å²) >= 11 is 0. The quantitative estimate of drug-likeness (QED) is 0.482. The summed E-state index contributed by atoms with van der Waals surface area (Å²) in [5.41, 5.74) is 1.28. The Balaban J connectivity index is 0.000000499. The molecule has 0 aromatic heterocycles. The minimum atomic E-state index is -0.285. The summed E-state index contributed by atoms with van der Waals surface area (Å²) in [6.45, 7) is 12.7. The molecule has 5 nitrogen and oxygen atoms in total. The first kappa shape index (κ1) is 26.8. The standard InChI is InChI=1S/C11H19NO2.C11H14O2.C2H6/c1-8(2)10(13)11(14)12-7-5-4-6-9(12)3;1-10(13-9-12)7-8-11-5-3-2-4-6-11;1-2/h8-9H,4-7H2,1-3H3;2-6,9-10H,7-8H2,1H3;1-2H3. The second-order valence-electron chi connectivity index (χ2n) is 7.43. The number of Topliss-reactive ketones (excluding diaryl/α,β-unsaturated/α-hetero) is 1. The highest BCUT2D eigenvalue weighted by Crippen LogP contribution is 2.17. The van der Waals surface area contributed by atoms with Gasteiger partial charge in [-0.25, -0.2) is 0 Å². The number of likely N-dealkylation sites (tertiary alicyclic amines) is 1. The van der Waals surface area contributed by atoms with E-state index in [0.717, 1.165) is 32.2 Å². The Morgan fingerprint density at radius 3 is 2.28 bits per heavy atom. The Labute approximate surface area is 176 Å². The molecule has 0 saturated carbocycles. The van der Waals surface area contributed by atoms with Crippen molar-refractivity contribution in [3.05, 3.63) is 35.9 Å². The maximum absolute atomic E-state index is 11.7. The van der Waals surface area contributed by atoms with E-state index in [-0.39, 0.29) is 29.8 Å². The molecule has 1 aliphatic rings. The lowest BCUT2D eigenvalue weighted by molar-refractivity contribution is -0.148. The zero-order chi connectivity index (χ0) is 22.2. The monoisotopic (exact) mass is 405 g/mol. The number of amides is 1. The Morgan fingerprint density at radius 2 is 1.76 bits per heavy atom. The summed E-state index contributed by atoms with van der Waals surface area (Å²) in [6, 6.07) is 10.4. The number of rotatable bonds is 7. The lowest BCUT2D eigenvalue weighted by Crippen LogP contribution is -2.46. The molecular weight excluding hydrogens is 366 g/mol. The van der Waals surface area contributed by atoms with Gasteiger partial charge in [-0.15, -0.1) is 0 Å². The van der Waals surface area contributed by atoms with Gasteiger partial charge in [0.05, 0.1) is 6.10 Å². The summed E-state index contributed by atoms with van der Waals surface area (Å²) < 4.78 is 4.78. The topological polar surface area (TPSA) is 63.7 Å². The molecule has 2 unspecified atom stereocenters. The van der Waals surface area contributed by atoms with Crippen LogP contribution in [-0.4, -0.2) is 41.8 Å². The number of piperidine rings is 1. The van der Waals surface area contributed by atoms with E-state index in [1.54, 1.807) is 18.7 Å². The fourth-order valence-electron chi connectivity index (χ4n) is 2.97. The van der Waals surface area contributed by atoms with Crippen LogP contribution in [0.3, 0.4) is 0 Å². The van der Waals surface area contributed by atoms with Crippen molar-refractivity contribution in [1.82, 2.24) is 4.90 Å². The first-order chi connectivity index (χ1) is 13.9. The van der Waals surface area contributed by atoms with E-state index in [0.29, 0.717) is 6.47 Å². The predicted molar refractivity (Wildman–Crippen MR) is 118 cm³/mol. The molecule has 1 aliphatic heterocycles. The van der Waals surface area contributed by atoms with Crippen molar-refractivity contribution in [1.29, 1.82) is 0 Å². The van der Waals surface area contributed by atoms with Crippen LogP contribution in [0.25, 0.3) is 0 Å². The summed E-state index contributed by atoms with van der Waals surface area (Å²) in [5.74, 6) is -0.720. The van der Waals surface area contributed by atoms with Crippen LogP contribution >= 0.6 is 0 Å². The van der Waals surface area contributed by atoms with Crippen LogP contribution in [0, 0.1) is 5.92 Å². The van der Waals surface area contributed by atoms with Crippen LogP contribution in [0.2, 0.25) is 0 Å². The minimum Gasteiger partial charge on any atom is -0.465 e. The lowest BCUT2D eigenvalue weighted by atomic mass is 10.0. The molecule has 0 N–H and O–H groups in total. The molecular formula is C24H39NO4. The van der Waals surface area contributed by atoms with E-state index in [1.807, 2.05) is 45.9 Å². The molecule has 1 amide bonds. The molecule has 0 aliphatic carbocycles. The Hall–Kier alpha value is -2.17. The van der Waals surface area contributed by atoms with Gasteiger partial charge in [-0.1, -0.05) is 58.0 Å². The number of benzene rings is 1. The maximum Gasteiger partial charge on any atom is 0.293 e. The van der Waals surface area contributed by atoms with Crippen LogP contribution in [0.15, 0.2) is 30.3 Å². The van der Waals surface area contributed by atoms with Crippen molar-refractivity contribution >= 4 is 18.2 Å². The second-order valence-corrected chi connectivity index (χ2v) is 7.43. The van der Waals surface area contributed by atoms with Gasteiger partial charge >= 0.3 is 0 Å². The molecule has 0 bridgehead atoms. The van der Waals surface area contributed by atoms with E-state index in [1.165, 1.54) is 12.0 Å². The van der Waals surface area contributed by atoms with Gasteiger partial charge in [0.15, 0.2) is 0 Å². The van der Waals surface area contributed by atoms with Gasteiger partial charge in [0.25, 0.3) is 12.4 Å². The highest BCUT2D eigenvalue weighted by molar-refractivity contribution is 6.36. The van der Waals surface area contributed by atoms with Gasteiger partial charge < -0.3 is 9.64 Å². The van der Waals surface area contributed by atoms with Gasteiger partial charge in [0.1, 0.15) is 0 Å². The molecule has 164 valence electrons. The fraction of sp³-hybridized carbons (Fsp3) is 0.625. The highest BCUT2D eigenvalue weighted by Gasteiger charge is 2.29. The second kappa shape index (κ2) is 15.7. The van der Waals surface area contributed by atoms with Crippen molar-refractivity contribution < 1.29 is 19.1 Å². The minimum absolute atomic E-state index is 0.0118. The van der Waals surface area contributed by atoms with Crippen LogP contribution in [0.1, 0.15) is 72.8 Å². The normalized spacial score (nSPS) is 16.5. The third kappa shape index (κ3) is 10.8. The van der Waals surface area contributed by atoms with Crippen molar-refractivity contribution in [2.24, 2.45) is 5.92 Å². The Bertz CT molecular complexity index is 586. The van der Waals surface area contributed by atoms with Gasteiger partial charge in [-0.2, -0.15) is 0 Å². The number of nitrogens with zero attached hydrogens (tertiary/aromatic N) is 1. The van der Waals surface area contributed by atoms with Crippen molar-refractivity contribution in [3.8, 4) is 0 Å². The van der Waals surface area contributed by atoms with E-state index >= 15 is 0 Å². The molecule has 5 heteroatoms. The van der Waals surface area contributed by atoms with Crippen LogP contribution in [-0.2, 0) is 25.5 Å². The average Bonchev–Trinajstić information content (AvgIpc) is 2.74. The first-order valence-corrected chi connectivity index (χ1v) is 10.8. The third-order valence-corrected chi connectivity index (χ3v) is 4.77. The average molecular weight is 406 g/mol. The largest absolute Gasteiger partial charge is 0.465 e. The van der Waals surface area contributed by atoms with Crippen molar-refractivity contribution in [2.75, 3.05) is 6.54 Å². The predicted octanol–water partition coefficient (Wildman–Crippen LogP) is 4.82. The van der Waals surface area contributed by atoms with E-state index in [4.69, 9.17) is 4.74 Å². The zero-order valence-electron chi connectivity index (χ0n) is 19.0. The molecule has 2 atom stereocenters. The molecule has 1 saturated heterocycles. The molecule has 1 aromatic rings. The van der Waals surface area contributed by atoms with Gasteiger partial charge in [-0.05, 0) is 51.5 Å². The lowest BCUT2D eigenvalue weighted by Gasteiger charge is -2.33. The Morgan fingerprint density at radius 1 is 1.14 bits per heavy atom. The first-order valence-electron chi connectivity index (χ1n) is 10.8. The number of aryl methyl sites for hydroxylation is 1. The van der Waals surface area contributed by atoms with Gasteiger partial charge in [0, 0.05) is 18.5 Å². The Kier molecular flexibility index (Phi) is 14.5. The van der Waals surface area contributed by atoms with E-state index in [9.17, 15) is 14.4 Å². The number of hydrogen-bond donors (Lipinski definition) is 0. The molecule has 0 radical (unpaired) electrons. The van der Waals surface area contributed by atoms with Crippen LogP contribution in [0.4, 0.5) is 0 Å². The number of carbonyl (C=O) groups excluding carboxylic acids is 3. The fourth-order valence-corrected chi connectivity index (χ4v) is 2.97. The molecule has 1 heterocycles. The molecule has 2 rings (SSSR count). The summed E-state index contributed by atoms with van der Waals surface area (Å²) in [7, 11) is 0. The van der Waals surface area contributed by atoms with Crippen LogP contribution in [0.5, 0.6) is 0 Å². The van der Waals surface area contributed by atoms with E-state index in [2.05, 4.69) is 12.1 Å². The highest BCUT2D eigenvalue weighted by atomic mass is 16.5. The van der Waals surface area contributed by atoms with Crippen molar-refractivity contribution in [3.63, 3.8) is 0 Å². The zero-order valence-corrected chi connectivity index (χ0v) is 19.0. The number of hydrogen-bond acceptors (Lipinski definition) is 4. The van der Waals surface area contributed by atoms with Crippen molar-refractivity contribution in [2.45, 2.75) is 85.8 Å². The smallest absolute Gasteiger partial charge is 0.293 e. The maximum atomic E-state index is 11.7. The third-order valence-electron chi connectivity index (χ3n) is 4.77. The number of ketones is 1. The van der Waals surface area contributed by atoms with Gasteiger partial charge in [-0.3, -0.25) is 14.4 Å². The number of carbonyl (C=O) groups is 3. The summed E-state index contributed by atoms with van der Waals surface area (Å²) in [4.78, 5) is 35.0. The van der Waals surface area contributed by atoms with E-state index < -0.39 is 0 Å². The van der Waals surface area contributed by atoms with Gasteiger partial charge in [0.2, 0.25) is 5.78 Å². The molecule has 29 heavy (non-hydrogen) atoms. The molecule has 0 spiro atoms. The SMILES string of the molecule is CC.CC(C)C(=O)C(=O)N1CCCCC1C.CC(CCc1ccccc1)OC=O. The summed E-state index contributed by atoms with van der Waals surface area (Å²) in [6.07, 6.45) is 5.07. The summed E-state index contributed by atoms with van der Waals surface area (Å²) in [5, 5.41) is 0. The molecule has 1 aromatic carbocycles. The number of ether oxygens (including phenoxy) is 1.